The van der Waals surface area contributed by atoms with E-state index in [0.717, 1.165) is 0 Å². The maximum atomic E-state index is 12.3. The van der Waals surface area contributed by atoms with Crippen LogP contribution in [0.1, 0.15) is 11.5 Å². The number of anilines is 1. The van der Waals surface area contributed by atoms with Crippen molar-refractivity contribution >= 4 is 29.4 Å². The number of nitrogens with zero attached hydrogens (tertiary/aromatic N) is 1. The lowest BCUT2D eigenvalue weighted by Gasteiger charge is -2.18. The number of alkyl halides is 2. The molecule has 1 aliphatic heterocycles. The average molecular weight is 392 g/mol. The third kappa shape index (κ3) is 5.01. The Morgan fingerprint density at radius 3 is 2.78 bits per heavy atom. The van der Waals surface area contributed by atoms with Gasteiger partial charge in [0.25, 0.3) is 11.7 Å². The van der Waals surface area contributed by atoms with Crippen LogP contribution >= 0.6 is 11.8 Å². The molecule has 0 saturated carbocycles. The monoisotopic (exact) mass is 392 g/mol. The van der Waals surface area contributed by atoms with Crippen molar-refractivity contribution in [3.05, 3.63) is 47.4 Å². The minimum Gasteiger partial charge on any atom is -0.486 e. The smallest absolute Gasteiger partial charge is 0.284 e. The van der Waals surface area contributed by atoms with Gasteiger partial charge in [-0.1, -0.05) is 11.8 Å². The molecule has 1 aromatic heterocycles. The standard InChI is InChI=1S/C18H14F2N2O4S/c19-18(20)27-10-14-3-2-13(26-14)7-11(9-21)17(23)22-12-1-4-15-16(8-12)25-6-5-24-15/h1-4,7-8,18H,5-6,10H2,(H,22,23). The number of thioether (sulfide) groups is 1. The molecule has 0 atom stereocenters. The number of hydrogen-bond acceptors (Lipinski definition) is 6. The number of carbonyl (C=O) groups excluding carboxylic acids is 1. The van der Waals surface area contributed by atoms with Crippen LogP contribution in [0.3, 0.4) is 0 Å². The predicted octanol–water partition coefficient (Wildman–Crippen LogP) is 4.05. The number of nitriles is 1. The molecule has 0 fully saturated rings. The molecule has 1 N–H and O–H groups in total. The van der Waals surface area contributed by atoms with Gasteiger partial charge in [0.05, 0.1) is 5.75 Å². The number of carbonyl (C=O) groups is 1. The van der Waals surface area contributed by atoms with Crippen molar-refractivity contribution in [1.82, 2.24) is 0 Å². The van der Waals surface area contributed by atoms with Crippen LogP contribution in [0.4, 0.5) is 14.5 Å². The molecule has 2 aromatic rings. The van der Waals surface area contributed by atoms with E-state index in [2.05, 4.69) is 5.32 Å². The van der Waals surface area contributed by atoms with Gasteiger partial charge in [0.2, 0.25) is 0 Å². The van der Waals surface area contributed by atoms with Gasteiger partial charge in [0.15, 0.2) is 11.5 Å². The van der Waals surface area contributed by atoms with Crippen molar-refractivity contribution in [2.24, 2.45) is 0 Å². The molecule has 2 heterocycles. The Morgan fingerprint density at radius 2 is 2.04 bits per heavy atom. The van der Waals surface area contributed by atoms with Gasteiger partial charge in [-0.3, -0.25) is 4.79 Å². The molecule has 0 saturated heterocycles. The summed E-state index contributed by atoms with van der Waals surface area (Å²) in [4.78, 5) is 12.3. The zero-order valence-corrected chi connectivity index (χ0v) is 14.7. The van der Waals surface area contributed by atoms with Gasteiger partial charge in [-0.2, -0.15) is 14.0 Å². The van der Waals surface area contributed by atoms with Crippen LogP contribution in [0.15, 0.2) is 40.3 Å². The van der Waals surface area contributed by atoms with Gasteiger partial charge in [-0.25, -0.2) is 0 Å². The summed E-state index contributed by atoms with van der Waals surface area (Å²) in [7, 11) is 0. The van der Waals surface area contributed by atoms with Gasteiger partial charge in [-0.15, -0.1) is 0 Å². The van der Waals surface area contributed by atoms with Crippen molar-refractivity contribution < 1.29 is 27.5 Å². The van der Waals surface area contributed by atoms with Crippen LogP contribution in [0.5, 0.6) is 11.5 Å². The number of benzene rings is 1. The fourth-order valence-corrected chi connectivity index (χ4v) is 2.75. The molecule has 0 unspecified atom stereocenters. The van der Waals surface area contributed by atoms with Crippen LogP contribution in [0, 0.1) is 11.3 Å². The van der Waals surface area contributed by atoms with Gasteiger partial charge >= 0.3 is 0 Å². The van der Waals surface area contributed by atoms with Gasteiger partial charge in [0, 0.05) is 17.8 Å². The lowest BCUT2D eigenvalue weighted by Crippen LogP contribution is -2.17. The van der Waals surface area contributed by atoms with Crippen molar-refractivity contribution in [3.63, 3.8) is 0 Å². The van der Waals surface area contributed by atoms with Crippen LogP contribution in [-0.2, 0) is 10.5 Å². The highest BCUT2D eigenvalue weighted by atomic mass is 32.2. The second-order valence-electron chi connectivity index (χ2n) is 5.36. The first-order chi connectivity index (χ1) is 13.0. The molecule has 9 heteroatoms. The number of nitrogens with one attached hydrogen (secondary N) is 1. The van der Waals surface area contributed by atoms with E-state index in [9.17, 15) is 18.8 Å². The third-order valence-corrected chi connectivity index (χ3v) is 4.19. The summed E-state index contributed by atoms with van der Waals surface area (Å²) >= 11 is 0.427. The topological polar surface area (TPSA) is 84.5 Å². The number of ether oxygens (including phenoxy) is 2. The minimum absolute atomic E-state index is 0.00319. The van der Waals surface area contributed by atoms with E-state index in [0.29, 0.717) is 47.9 Å². The molecule has 27 heavy (non-hydrogen) atoms. The van der Waals surface area contributed by atoms with Crippen LogP contribution in [-0.4, -0.2) is 24.9 Å². The molecule has 1 aromatic carbocycles. The number of hydrogen-bond donors (Lipinski definition) is 1. The van der Waals surface area contributed by atoms with Gasteiger partial charge < -0.3 is 19.2 Å². The number of amides is 1. The Morgan fingerprint density at radius 1 is 1.26 bits per heavy atom. The second kappa shape index (κ2) is 8.60. The van der Waals surface area contributed by atoms with E-state index in [1.807, 2.05) is 0 Å². The Kier molecular flexibility index (Phi) is 5.98. The summed E-state index contributed by atoms with van der Waals surface area (Å²) in [6.45, 7) is 0.874. The summed E-state index contributed by atoms with van der Waals surface area (Å²) < 4.78 is 40.6. The molecule has 0 aliphatic carbocycles. The van der Waals surface area contributed by atoms with E-state index in [1.165, 1.54) is 18.2 Å². The molecule has 0 bridgehead atoms. The van der Waals surface area contributed by atoms with Crippen molar-refractivity contribution in [2.75, 3.05) is 18.5 Å². The van der Waals surface area contributed by atoms with E-state index in [-0.39, 0.29) is 17.1 Å². The van der Waals surface area contributed by atoms with Gasteiger partial charge in [0.1, 0.15) is 36.4 Å². The fourth-order valence-electron chi connectivity index (χ4n) is 2.31. The minimum atomic E-state index is -2.50. The molecule has 1 aliphatic rings. The summed E-state index contributed by atoms with van der Waals surface area (Å²) in [5.41, 5.74) is 0.256. The number of furan rings is 1. The summed E-state index contributed by atoms with van der Waals surface area (Å²) in [5, 5.41) is 11.8. The number of halogens is 2. The first-order valence-electron chi connectivity index (χ1n) is 7.86. The van der Waals surface area contributed by atoms with Crippen LogP contribution in [0.2, 0.25) is 0 Å². The largest absolute Gasteiger partial charge is 0.486 e. The number of fused-ring (bicyclic) bond motifs is 1. The number of rotatable bonds is 6. The zero-order valence-electron chi connectivity index (χ0n) is 13.9. The SMILES string of the molecule is N#CC(=Cc1ccc(CSC(F)F)o1)C(=O)Nc1ccc2c(c1)OCCO2. The van der Waals surface area contributed by atoms with Crippen molar-refractivity contribution in [1.29, 1.82) is 5.26 Å². The molecular weight excluding hydrogens is 378 g/mol. The van der Waals surface area contributed by atoms with Crippen LogP contribution in [0.25, 0.3) is 6.08 Å². The second-order valence-corrected chi connectivity index (χ2v) is 6.34. The maximum absolute atomic E-state index is 12.3. The quantitative estimate of drug-likeness (QED) is 0.590. The van der Waals surface area contributed by atoms with Crippen molar-refractivity contribution in [2.45, 2.75) is 11.5 Å². The molecule has 1 amide bonds. The Hall–Kier alpha value is -2.99. The third-order valence-electron chi connectivity index (χ3n) is 3.49. The summed E-state index contributed by atoms with van der Waals surface area (Å²) in [5.74, 6) is -1.48. The summed E-state index contributed by atoms with van der Waals surface area (Å²) in [6.07, 6.45) is 1.25. The molecule has 3 rings (SSSR count). The Labute approximate surface area is 157 Å². The zero-order chi connectivity index (χ0) is 19.2. The highest BCUT2D eigenvalue weighted by Gasteiger charge is 2.15. The maximum Gasteiger partial charge on any atom is 0.284 e. The van der Waals surface area contributed by atoms with E-state index < -0.39 is 11.7 Å². The van der Waals surface area contributed by atoms with E-state index in [4.69, 9.17) is 13.9 Å². The lowest BCUT2D eigenvalue weighted by atomic mass is 10.2. The lowest BCUT2D eigenvalue weighted by molar-refractivity contribution is -0.112. The first-order valence-corrected chi connectivity index (χ1v) is 8.91. The fraction of sp³-hybridized carbons (Fsp3) is 0.222. The van der Waals surface area contributed by atoms with Crippen LogP contribution < -0.4 is 14.8 Å². The Balaban J connectivity index is 1.69. The first kappa shape index (κ1) is 18.8. The Bertz CT molecular complexity index is 905. The average Bonchev–Trinajstić information content (AvgIpc) is 3.12. The molecule has 6 nitrogen and oxygen atoms in total. The highest BCUT2D eigenvalue weighted by molar-refractivity contribution is 7.98. The molecular formula is C18H14F2N2O4S. The van der Waals surface area contributed by atoms with Gasteiger partial charge in [-0.05, 0) is 24.3 Å². The van der Waals surface area contributed by atoms with E-state index >= 15 is 0 Å². The predicted molar refractivity (Wildman–Crippen MR) is 95.7 cm³/mol. The summed E-state index contributed by atoms with van der Waals surface area (Å²) in [6, 6.07) is 9.74. The normalized spacial score (nSPS) is 13.3. The van der Waals surface area contributed by atoms with Crippen molar-refractivity contribution in [3.8, 4) is 17.6 Å². The molecule has 0 spiro atoms. The highest BCUT2D eigenvalue weighted by Crippen LogP contribution is 2.32. The molecule has 0 radical (unpaired) electrons. The molecule has 140 valence electrons. The van der Waals surface area contributed by atoms with E-state index in [1.54, 1.807) is 24.3 Å².